The van der Waals surface area contributed by atoms with E-state index in [-0.39, 0.29) is 0 Å². The molecule has 0 amide bonds. The summed E-state index contributed by atoms with van der Waals surface area (Å²) in [6.45, 7) is 20.0. The second-order valence-corrected chi connectivity index (χ2v) is 10.8. The van der Waals surface area contributed by atoms with Crippen molar-refractivity contribution in [2.75, 3.05) is 0 Å². The van der Waals surface area contributed by atoms with Gasteiger partial charge in [-0.3, -0.25) is 9.56 Å². The largest absolute Gasteiger partial charge is 0.397 e. The van der Waals surface area contributed by atoms with Crippen LogP contribution in [0.5, 0.6) is 0 Å². The van der Waals surface area contributed by atoms with E-state index in [1.54, 1.807) is 6.08 Å². The topological polar surface area (TPSA) is 56.2 Å². The minimum atomic E-state index is 0.683. The number of imidazole rings is 1. The Balaban J connectivity index is 0.00000105. The van der Waals surface area contributed by atoms with Crippen molar-refractivity contribution in [3.8, 4) is 22.3 Å². The Morgan fingerprint density at radius 2 is 1.43 bits per heavy atom. The zero-order chi connectivity index (χ0) is 33.7. The molecule has 0 saturated heterocycles. The molecule has 4 heteroatoms. The van der Waals surface area contributed by atoms with Gasteiger partial charge in [-0.1, -0.05) is 126 Å². The van der Waals surface area contributed by atoms with Crippen molar-refractivity contribution in [2.45, 2.75) is 48.0 Å². The maximum Gasteiger partial charge on any atom is 0.137 e. The van der Waals surface area contributed by atoms with E-state index in [4.69, 9.17) is 15.7 Å². The van der Waals surface area contributed by atoms with Crippen LogP contribution in [0.15, 0.2) is 127 Å². The van der Waals surface area contributed by atoms with Gasteiger partial charge in [0.1, 0.15) is 5.82 Å². The first-order valence-electron chi connectivity index (χ1n) is 16.6. The lowest BCUT2D eigenvalue weighted by molar-refractivity contribution is 1.15. The van der Waals surface area contributed by atoms with Crippen LogP contribution in [0.2, 0.25) is 0 Å². The van der Waals surface area contributed by atoms with Gasteiger partial charge < -0.3 is 5.73 Å². The van der Waals surface area contributed by atoms with E-state index >= 15 is 0 Å². The summed E-state index contributed by atoms with van der Waals surface area (Å²) in [6.07, 6.45) is 8.24. The van der Waals surface area contributed by atoms with Crippen molar-refractivity contribution in [3.63, 3.8) is 0 Å². The maximum absolute atomic E-state index is 6.28. The summed E-state index contributed by atoms with van der Waals surface area (Å²) in [5.41, 5.74) is 18.0. The smallest absolute Gasteiger partial charge is 0.137 e. The minimum Gasteiger partial charge on any atom is -0.397 e. The minimum absolute atomic E-state index is 0.683. The normalized spacial score (nSPS) is 13.4. The SMILES string of the molecule is C=Cc1nc2c3ccccc3c3cc(-c4ccc5c(c4)-c4ccccc4CC5=NC(=C/C)/C(N)=C\C)ccc3c2n1C=C.CC.CC. The van der Waals surface area contributed by atoms with E-state index < -0.39 is 0 Å². The monoisotopic (exact) mass is 616 g/mol. The number of fused-ring (bicyclic) bond motifs is 9. The number of nitrogens with two attached hydrogens (primary N) is 1. The fourth-order valence-electron chi connectivity index (χ4n) is 6.40. The molecule has 47 heavy (non-hydrogen) atoms. The zero-order valence-corrected chi connectivity index (χ0v) is 28.4. The lowest BCUT2D eigenvalue weighted by atomic mass is 9.82. The number of hydrogen-bond acceptors (Lipinski definition) is 3. The van der Waals surface area contributed by atoms with Gasteiger partial charge in [0.25, 0.3) is 0 Å². The van der Waals surface area contributed by atoms with Gasteiger partial charge in [0.2, 0.25) is 0 Å². The Morgan fingerprint density at radius 1 is 0.745 bits per heavy atom. The van der Waals surface area contributed by atoms with Crippen molar-refractivity contribution in [1.29, 1.82) is 0 Å². The third kappa shape index (κ3) is 5.72. The number of nitrogens with zero attached hydrogens (tertiary/aromatic N) is 3. The molecule has 0 fully saturated rings. The number of aliphatic imine (C=N–C) groups is 1. The van der Waals surface area contributed by atoms with Crippen molar-refractivity contribution < 1.29 is 0 Å². The fourth-order valence-corrected chi connectivity index (χ4v) is 6.40. The second kappa shape index (κ2) is 14.3. The predicted molar refractivity (Wildman–Crippen MR) is 207 cm³/mol. The van der Waals surface area contributed by atoms with Crippen molar-refractivity contribution in [2.24, 2.45) is 10.7 Å². The molecule has 0 unspecified atom stereocenters. The van der Waals surface area contributed by atoms with Crippen LogP contribution in [0.25, 0.3) is 67.1 Å². The van der Waals surface area contributed by atoms with Gasteiger partial charge in [-0.2, -0.15) is 0 Å². The summed E-state index contributed by atoms with van der Waals surface area (Å²) in [7, 11) is 0. The lowest BCUT2D eigenvalue weighted by Gasteiger charge is -2.23. The van der Waals surface area contributed by atoms with E-state index in [0.717, 1.165) is 62.2 Å². The molecule has 1 aliphatic carbocycles. The van der Waals surface area contributed by atoms with Crippen LogP contribution >= 0.6 is 0 Å². The molecule has 6 aromatic rings. The fraction of sp³-hybridized carbons (Fsp3) is 0.163. The third-order valence-corrected chi connectivity index (χ3v) is 8.52. The zero-order valence-electron chi connectivity index (χ0n) is 28.4. The number of allylic oxidation sites excluding steroid dienone is 2. The quantitative estimate of drug-likeness (QED) is 0.155. The molecule has 0 aliphatic heterocycles. The van der Waals surface area contributed by atoms with E-state index in [1.807, 2.05) is 64.5 Å². The van der Waals surface area contributed by atoms with E-state index in [9.17, 15) is 0 Å². The summed E-state index contributed by atoms with van der Waals surface area (Å²) in [5.74, 6) is 0.787. The van der Waals surface area contributed by atoms with Gasteiger partial charge >= 0.3 is 0 Å². The Morgan fingerprint density at radius 3 is 2.13 bits per heavy atom. The summed E-state index contributed by atoms with van der Waals surface area (Å²) in [5, 5.41) is 4.61. The van der Waals surface area contributed by atoms with E-state index in [2.05, 4.69) is 98.1 Å². The summed E-state index contributed by atoms with van der Waals surface area (Å²) >= 11 is 0. The standard InChI is InChI=1S/C39H32N4.2C2H6/c1-5-34(40)35(6-2)41-36-23-26-13-9-10-14-27(26)32-21-24(17-19-29(32)36)25-18-20-31-33(22-25)28-15-11-12-16-30(28)38-39(31)43(8-4)37(7-3)42-38;2*1-2/h5-22H,3-4,23,40H2,1-2H3;2*1-2H3/b34-5+,35-6+,41-36?;;. The Bertz CT molecular complexity index is 2220. The third-order valence-electron chi connectivity index (χ3n) is 8.52. The van der Waals surface area contributed by atoms with Crippen molar-refractivity contribution in [3.05, 3.63) is 139 Å². The second-order valence-electron chi connectivity index (χ2n) is 10.8. The molecule has 0 bridgehead atoms. The molecule has 2 N–H and O–H groups in total. The molecule has 0 saturated carbocycles. The Kier molecular flexibility index (Phi) is 10.0. The van der Waals surface area contributed by atoms with Crippen LogP contribution in [0.3, 0.4) is 0 Å². The molecular formula is C43H44N4. The Hall–Kier alpha value is -5.48. The molecule has 1 aromatic heterocycles. The highest BCUT2D eigenvalue weighted by atomic mass is 15.1. The summed E-state index contributed by atoms with van der Waals surface area (Å²) in [6, 6.07) is 30.6. The van der Waals surface area contributed by atoms with Crippen LogP contribution < -0.4 is 5.73 Å². The van der Waals surface area contributed by atoms with Crippen LogP contribution in [-0.2, 0) is 6.42 Å². The first-order valence-corrected chi connectivity index (χ1v) is 16.6. The number of rotatable bonds is 5. The molecule has 7 rings (SSSR count). The summed E-state index contributed by atoms with van der Waals surface area (Å²) < 4.78 is 2.03. The summed E-state index contributed by atoms with van der Waals surface area (Å²) in [4.78, 5) is 9.99. The molecule has 1 heterocycles. The lowest BCUT2D eigenvalue weighted by Crippen LogP contribution is -2.15. The first-order chi connectivity index (χ1) is 23.1. The molecule has 236 valence electrons. The molecule has 0 spiro atoms. The van der Waals surface area contributed by atoms with Gasteiger partial charge in [0.15, 0.2) is 0 Å². The van der Waals surface area contributed by atoms with E-state index in [0.29, 0.717) is 5.70 Å². The predicted octanol–water partition coefficient (Wildman–Crippen LogP) is 11.6. The first kappa shape index (κ1) is 32.9. The highest BCUT2D eigenvalue weighted by molar-refractivity contribution is 6.24. The van der Waals surface area contributed by atoms with Crippen molar-refractivity contribution >= 4 is 50.6 Å². The van der Waals surface area contributed by atoms with Gasteiger partial charge in [-0.25, -0.2) is 4.98 Å². The maximum atomic E-state index is 6.28. The Labute approximate surface area is 279 Å². The molecule has 0 atom stereocenters. The molecule has 5 aromatic carbocycles. The van der Waals surface area contributed by atoms with Crippen LogP contribution in [0.1, 0.15) is 58.5 Å². The van der Waals surface area contributed by atoms with Crippen LogP contribution in [-0.4, -0.2) is 15.3 Å². The average molecular weight is 617 g/mol. The van der Waals surface area contributed by atoms with Crippen molar-refractivity contribution in [1.82, 2.24) is 9.55 Å². The average Bonchev–Trinajstić information content (AvgIpc) is 3.54. The van der Waals surface area contributed by atoms with E-state index in [1.165, 1.54) is 27.5 Å². The van der Waals surface area contributed by atoms with Crippen LogP contribution in [0, 0.1) is 0 Å². The molecule has 4 nitrogen and oxygen atoms in total. The van der Waals surface area contributed by atoms with Gasteiger partial charge in [0, 0.05) is 29.0 Å². The number of hydrogen-bond donors (Lipinski definition) is 1. The number of benzene rings is 5. The number of aromatic nitrogens is 2. The van der Waals surface area contributed by atoms with Gasteiger partial charge in [-0.15, -0.1) is 0 Å². The highest BCUT2D eigenvalue weighted by Gasteiger charge is 2.22. The van der Waals surface area contributed by atoms with Gasteiger partial charge in [0.05, 0.1) is 28.1 Å². The molecular weight excluding hydrogens is 573 g/mol. The van der Waals surface area contributed by atoms with Crippen LogP contribution in [0.4, 0.5) is 0 Å². The molecule has 0 radical (unpaired) electrons. The molecule has 1 aliphatic rings. The van der Waals surface area contributed by atoms with Gasteiger partial charge in [-0.05, 0) is 70.6 Å². The highest BCUT2D eigenvalue weighted by Crippen LogP contribution is 2.40.